The summed E-state index contributed by atoms with van der Waals surface area (Å²) in [6.45, 7) is 2.26. The van der Waals surface area contributed by atoms with E-state index < -0.39 is 11.7 Å². The van der Waals surface area contributed by atoms with Crippen molar-refractivity contribution in [1.82, 2.24) is 20.3 Å². The van der Waals surface area contributed by atoms with Crippen molar-refractivity contribution in [3.63, 3.8) is 0 Å². The van der Waals surface area contributed by atoms with Gasteiger partial charge in [-0.05, 0) is 24.6 Å². The van der Waals surface area contributed by atoms with Crippen molar-refractivity contribution in [1.29, 1.82) is 0 Å². The van der Waals surface area contributed by atoms with Crippen LogP contribution in [0.2, 0.25) is 0 Å². The molecule has 0 radical (unpaired) electrons. The molecule has 0 saturated carbocycles. The molecule has 1 unspecified atom stereocenters. The Hall–Kier alpha value is -1.89. The summed E-state index contributed by atoms with van der Waals surface area (Å²) in [6, 6.07) is 5.11. The van der Waals surface area contributed by atoms with Crippen LogP contribution in [-0.2, 0) is 19.8 Å². The highest BCUT2D eigenvalue weighted by Gasteiger charge is 2.30. The van der Waals surface area contributed by atoms with Crippen molar-refractivity contribution in [3.05, 3.63) is 47.3 Å². The Kier molecular flexibility index (Phi) is 4.08. The monoisotopic (exact) mass is 284 g/mol. The first-order valence-corrected chi connectivity index (χ1v) is 6.12. The van der Waals surface area contributed by atoms with Gasteiger partial charge in [-0.2, -0.15) is 13.2 Å². The molecule has 1 aromatic carbocycles. The second-order valence-corrected chi connectivity index (χ2v) is 4.61. The molecule has 1 N–H and O–H groups in total. The molecule has 7 heteroatoms. The van der Waals surface area contributed by atoms with E-state index in [4.69, 9.17) is 0 Å². The van der Waals surface area contributed by atoms with E-state index in [1.54, 1.807) is 24.0 Å². The molecule has 0 spiro atoms. The third kappa shape index (κ3) is 3.57. The fraction of sp³-hybridized carbons (Fsp3) is 0.385. The standard InChI is InChI=1S/C13H15F3N4/c1-9(17-7-12-8-20(2)19-18-12)10-4-3-5-11(6-10)13(14,15)16/h3-6,8-9,17H,7H2,1-2H3. The third-order valence-electron chi connectivity index (χ3n) is 2.95. The fourth-order valence-corrected chi connectivity index (χ4v) is 1.84. The van der Waals surface area contributed by atoms with Crippen LogP contribution in [0.25, 0.3) is 0 Å². The first kappa shape index (κ1) is 14.5. The van der Waals surface area contributed by atoms with E-state index in [0.29, 0.717) is 12.1 Å². The maximum atomic E-state index is 12.6. The number of rotatable bonds is 4. The van der Waals surface area contributed by atoms with E-state index >= 15 is 0 Å². The number of alkyl halides is 3. The van der Waals surface area contributed by atoms with Crippen molar-refractivity contribution < 1.29 is 13.2 Å². The van der Waals surface area contributed by atoms with Gasteiger partial charge in [0.05, 0.1) is 11.3 Å². The Balaban J connectivity index is 2.03. The molecule has 4 nitrogen and oxygen atoms in total. The highest BCUT2D eigenvalue weighted by Crippen LogP contribution is 2.30. The SMILES string of the molecule is CC(NCc1cn(C)nn1)c1cccc(C(F)(F)F)c1. The average Bonchev–Trinajstić information content (AvgIpc) is 2.81. The number of halogens is 3. The van der Waals surface area contributed by atoms with Gasteiger partial charge in [0.15, 0.2) is 0 Å². The second kappa shape index (κ2) is 5.62. The number of aryl methyl sites for hydroxylation is 1. The summed E-state index contributed by atoms with van der Waals surface area (Å²) >= 11 is 0. The lowest BCUT2D eigenvalue weighted by Crippen LogP contribution is -2.19. The molecule has 0 saturated heterocycles. The Morgan fingerprint density at radius 3 is 2.70 bits per heavy atom. The number of nitrogens with one attached hydrogen (secondary N) is 1. The van der Waals surface area contributed by atoms with Gasteiger partial charge in [-0.15, -0.1) is 5.10 Å². The van der Waals surface area contributed by atoms with Gasteiger partial charge in [-0.25, -0.2) is 0 Å². The summed E-state index contributed by atoms with van der Waals surface area (Å²) < 4.78 is 39.5. The zero-order chi connectivity index (χ0) is 14.8. The van der Waals surface area contributed by atoms with E-state index in [0.717, 1.165) is 17.8 Å². The maximum Gasteiger partial charge on any atom is 0.416 e. The summed E-state index contributed by atoms with van der Waals surface area (Å²) in [7, 11) is 1.76. The summed E-state index contributed by atoms with van der Waals surface area (Å²) in [5.41, 5.74) is 0.693. The normalized spacial score (nSPS) is 13.4. The Morgan fingerprint density at radius 1 is 1.35 bits per heavy atom. The lowest BCUT2D eigenvalue weighted by molar-refractivity contribution is -0.137. The molecule has 20 heavy (non-hydrogen) atoms. The van der Waals surface area contributed by atoms with Crippen molar-refractivity contribution in [3.8, 4) is 0 Å². The van der Waals surface area contributed by atoms with Gasteiger partial charge in [-0.3, -0.25) is 4.68 Å². The van der Waals surface area contributed by atoms with Crippen molar-refractivity contribution in [2.45, 2.75) is 25.7 Å². The fourth-order valence-electron chi connectivity index (χ4n) is 1.84. The molecule has 0 bridgehead atoms. The van der Waals surface area contributed by atoms with Crippen molar-refractivity contribution >= 4 is 0 Å². The van der Waals surface area contributed by atoms with Crippen LogP contribution in [0, 0.1) is 0 Å². The molecule has 0 aliphatic carbocycles. The first-order chi connectivity index (χ1) is 9.36. The molecule has 1 heterocycles. The van der Waals surface area contributed by atoms with Crippen LogP contribution in [0.15, 0.2) is 30.5 Å². The predicted molar refractivity (Wildman–Crippen MR) is 67.7 cm³/mol. The largest absolute Gasteiger partial charge is 0.416 e. The number of aromatic nitrogens is 3. The highest BCUT2D eigenvalue weighted by atomic mass is 19.4. The number of hydrogen-bond donors (Lipinski definition) is 1. The molecular formula is C13H15F3N4. The third-order valence-corrected chi connectivity index (χ3v) is 2.95. The zero-order valence-corrected chi connectivity index (χ0v) is 11.1. The summed E-state index contributed by atoms with van der Waals surface area (Å²) in [5, 5.41) is 10.8. The van der Waals surface area contributed by atoms with Crippen LogP contribution in [0.1, 0.15) is 29.8 Å². The maximum absolute atomic E-state index is 12.6. The molecular weight excluding hydrogens is 269 g/mol. The number of benzene rings is 1. The Labute approximate surface area is 114 Å². The van der Waals surface area contributed by atoms with Crippen molar-refractivity contribution in [2.24, 2.45) is 7.05 Å². The van der Waals surface area contributed by atoms with E-state index in [1.807, 2.05) is 6.92 Å². The van der Waals surface area contributed by atoms with Gasteiger partial charge in [0, 0.05) is 25.8 Å². The van der Waals surface area contributed by atoms with E-state index in [-0.39, 0.29) is 6.04 Å². The summed E-state index contributed by atoms with van der Waals surface area (Å²) in [4.78, 5) is 0. The number of nitrogens with zero attached hydrogens (tertiary/aromatic N) is 3. The predicted octanol–water partition coefficient (Wildman–Crippen LogP) is 2.68. The molecule has 108 valence electrons. The minimum absolute atomic E-state index is 0.209. The van der Waals surface area contributed by atoms with Gasteiger partial charge in [0.25, 0.3) is 0 Å². The van der Waals surface area contributed by atoms with E-state index in [2.05, 4.69) is 15.6 Å². The van der Waals surface area contributed by atoms with Gasteiger partial charge in [-0.1, -0.05) is 17.3 Å². The minimum atomic E-state index is -4.32. The van der Waals surface area contributed by atoms with Crippen LogP contribution in [0.3, 0.4) is 0 Å². The van der Waals surface area contributed by atoms with Crippen molar-refractivity contribution in [2.75, 3.05) is 0 Å². The molecule has 0 aliphatic heterocycles. The molecule has 2 aromatic rings. The van der Waals surface area contributed by atoms with Crippen LogP contribution < -0.4 is 5.32 Å². The lowest BCUT2D eigenvalue weighted by Gasteiger charge is -2.15. The smallest absolute Gasteiger partial charge is 0.304 e. The van der Waals surface area contributed by atoms with Gasteiger partial charge >= 0.3 is 6.18 Å². The summed E-state index contributed by atoms with van der Waals surface area (Å²) in [6.07, 6.45) is -2.56. The van der Waals surface area contributed by atoms with E-state index in [9.17, 15) is 13.2 Å². The van der Waals surface area contributed by atoms with Crippen LogP contribution >= 0.6 is 0 Å². The molecule has 0 fully saturated rings. The summed E-state index contributed by atoms with van der Waals surface area (Å²) in [5.74, 6) is 0. The van der Waals surface area contributed by atoms with Gasteiger partial charge in [0.1, 0.15) is 0 Å². The molecule has 2 rings (SSSR count). The molecule has 0 amide bonds. The van der Waals surface area contributed by atoms with Crippen LogP contribution in [0.5, 0.6) is 0 Å². The zero-order valence-electron chi connectivity index (χ0n) is 11.1. The van der Waals surface area contributed by atoms with E-state index in [1.165, 1.54) is 6.07 Å². The number of hydrogen-bond acceptors (Lipinski definition) is 3. The van der Waals surface area contributed by atoms with Crippen LogP contribution in [0.4, 0.5) is 13.2 Å². The Bertz CT molecular complexity index is 577. The molecule has 1 atom stereocenters. The van der Waals surface area contributed by atoms with Gasteiger partial charge in [0.2, 0.25) is 0 Å². The average molecular weight is 284 g/mol. The minimum Gasteiger partial charge on any atom is -0.304 e. The first-order valence-electron chi connectivity index (χ1n) is 6.12. The molecule has 1 aromatic heterocycles. The van der Waals surface area contributed by atoms with Gasteiger partial charge < -0.3 is 5.32 Å². The topological polar surface area (TPSA) is 42.7 Å². The quantitative estimate of drug-likeness (QED) is 0.938. The molecule has 0 aliphatic rings. The second-order valence-electron chi connectivity index (χ2n) is 4.61. The van der Waals surface area contributed by atoms with Crippen LogP contribution in [-0.4, -0.2) is 15.0 Å². The lowest BCUT2D eigenvalue weighted by atomic mass is 10.0. The Morgan fingerprint density at radius 2 is 2.10 bits per heavy atom. The highest BCUT2D eigenvalue weighted by molar-refractivity contribution is 5.27.